The summed E-state index contributed by atoms with van der Waals surface area (Å²) in [4.78, 5) is 4.42. The molecule has 0 saturated carbocycles. The van der Waals surface area contributed by atoms with E-state index in [4.69, 9.17) is 11.6 Å². The lowest BCUT2D eigenvalue weighted by atomic mass is 10.1. The number of hydrogen-bond acceptors (Lipinski definition) is 2. The van der Waals surface area contributed by atoms with Crippen LogP contribution < -0.4 is 5.32 Å². The minimum atomic E-state index is 0.732. The second-order valence-corrected chi connectivity index (χ2v) is 4.80. The number of anilines is 1. The topological polar surface area (TPSA) is 24.9 Å². The minimum absolute atomic E-state index is 0.732. The van der Waals surface area contributed by atoms with Gasteiger partial charge in [0.05, 0.1) is 11.2 Å². The quantitative estimate of drug-likeness (QED) is 0.756. The summed E-state index contributed by atoms with van der Waals surface area (Å²) in [5.74, 6) is 0. The fraction of sp³-hybridized carbons (Fsp3) is 0.0625. The van der Waals surface area contributed by atoms with E-state index in [0.717, 1.165) is 33.7 Å². The van der Waals surface area contributed by atoms with E-state index in [1.54, 1.807) is 0 Å². The number of nitrogens with zero attached hydrogens (tertiary/aromatic N) is 1. The Morgan fingerprint density at radius 3 is 2.74 bits per heavy atom. The highest BCUT2D eigenvalue weighted by atomic mass is 35.5. The van der Waals surface area contributed by atoms with Gasteiger partial charge in [-0.3, -0.25) is 4.98 Å². The first-order valence-corrected chi connectivity index (χ1v) is 6.53. The zero-order chi connectivity index (χ0) is 13.1. The molecule has 1 heterocycles. The van der Waals surface area contributed by atoms with Crippen molar-refractivity contribution < 1.29 is 0 Å². The van der Waals surface area contributed by atoms with Gasteiger partial charge in [-0.15, -0.1) is 0 Å². The van der Waals surface area contributed by atoms with Gasteiger partial charge in [0.25, 0.3) is 0 Å². The molecule has 0 spiro atoms. The van der Waals surface area contributed by atoms with Crippen LogP contribution in [0.5, 0.6) is 0 Å². The first-order chi connectivity index (χ1) is 9.33. The van der Waals surface area contributed by atoms with E-state index in [0.29, 0.717) is 0 Å². The molecule has 0 amide bonds. The Morgan fingerprint density at radius 1 is 1.00 bits per heavy atom. The monoisotopic (exact) mass is 268 g/mol. The average Bonchev–Trinajstić information content (AvgIpc) is 2.45. The third kappa shape index (κ3) is 2.69. The highest BCUT2D eigenvalue weighted by Gasteiger charge is 2.01. The molecular weight excluding hydrogens is 256 g/mol. The van der Waals surface area contributed by atoms with Gasteiger partial charge in [-0.2, -0.15) is 0 Å². The molecule has 2 aromatic carbocycles. The molecule has 0 atom stereocenters. The zero-order valence-corrected chi connectivity index (χ0v) is 11.1. The second-order valence-electron chi connectivity index (χ2n) is 4.36. The van der Waals surface area contributed by atoms with E-state index in [9.17, 15) is 0 Å². The summed E-state index contributed by atoms with van der Waals surface area (Å²) in [6.45, 7) is 0.732. The van der Waals surface area contributed by atoms with Gasteiger partial charge in [0.2, 0.25) is 0 Å². The van der Waals surface area contributed by atoms with Gasteiger partial charge < -0.3 is 5.32 Å². The normalized spacial score (nSPS) is 10.6. The van der Waals surface area contributed by atoms with Crippen molar-refractivity contribution in [2.75, 3.05) is 5.32 Å². The molecule has 0 radical (unpaired) electrons. The maximum absolute atomic E-state index is 5.98. The number of rotatable bonds is 3. The molecule has 0 aliphatic carbocycles. The Hall–Kier alpha value is -2.06. The van der Waals surface area contributed by atoms with Crippen LogP contribution in [0.3, 0.4) is 0 Å². The van der Waals surface area contributed by atoms with Gasteiger partial charge in [0.15, 0.2) is 0 Å². The number of halogens is 1. The van der Waals surface area contributed by atoms with Crippen LogP contribution in [-0.2, 0) is 6.54 Å². The number of benzene rings is 2. The molecule has 0 unspecified atom stereocenters. The van der Waals surface area contributed by atoms with Crippen LogP contribution in [0.15, 0.2) is 60.8 Å². The molecule has 0 saturated heterocycles. The van der Waals surface area contributed by atoms with E-state index < -0.39 is 0 Å². The van der Waals surface area contributed by atoms with Crippen molar-refractivity contribution in [3.05, 3.63) is 71.4 Å². The van der Waals surface area contributed by atoms with Crippen LogP contribution in [0.25, 0.3) is 10.9 Å². The number of para-hydroxylation sites is 1. The van der Waals surface area contributed by atoms with Crippen LogP contribution in [0.4, 0.5) is 5.69 Å². The van der Waals surface area contributed by atoms with Crippen molar-refractivity contribution in [2.45, 2.75) is 6.54 Å². The van der Waals surface area contributed by atoms with E-state index >= 15 is 0 Å². The number of hydrogen-bond donors (Lipinski definition) is 1. The highest BCUT2D eigenvalue weighted by molar-refractivity contribution is 6.30. The molecule has 94 valence electrons. The average molecular weight is 269 g/mol. The smallest absolute Gasteiger partial charge is 0.0933 e. The second kappa shape index (κ2) is 5.29. The van der Waals surface area contributed by atoms with E-state index in [1.165, 1.54) is 0 Å². The number of fused-ring (bicyclic) bond motifs is 1. The van der Waals surface area contributed by atoms with E-state index in [-0.39, 0.29) is 0 Å². The minimum Gasteiger partial charge on any atom is -0.379 e. The maximum atomic E-state index is 5.98. The van der Waals surface area contributed by atoms with Crippen LogP contribution >= 0.6 is 11.6 Å². The Labute approximate surface area is 117 Å². The van der Waals surface area contributed by atoms with Crippen LogP contribution in [0, 0.1) is 0 Å². The summed E-state index contributed by atoms with van der Waals surface area (Å²) < 4.78 is 0. The SMILES string of the molecule is Clc1cccc(CNc2cccc3cccnc23)c1. The molecule has 1 N–H and O–H groups in total. The van der Waals surface area contributed by atoms with Gasteiger partial charge in [0.1, 0.15) is 0 Å². The lowest BCUT2D eigenvalue weighted by molar-refractivity contribution is 1.15. The van der Waals surface area contributed by atoms with Crippen LogP contribution in [0.1, 0.15) is 5.56 Å². The first kappa shape index (κ1) is 12.0. The Bertz CT molecular complexity index is 704. The molecule has 0 aliphatic rings. The molecule has 3 rings (SSSR count). The zero-order valence-electron chi connectivity index (χ0n) is 10.3. The molecule has 0 bridgehead atoms. The Balaban J connectivity index is 1.86. The van der Waals surface area contributed by atoms with Gasteiger partial charge in [-0.1, -0.05) is 41.9 Å². The van der Waals surface area contributed by atoms with Crippen molar-refractivity contribution in [1.29, 1.82) is 0 Å². The van der Waals surface area contributed by atoms with Gasteiger partial charge in [-0.25, -0.2) is 0 Å². The predicted molar refractivity (Wildman–Crippen MR) is 80.5 cm³/mol. The summed E-state index contributed by atoms with van der Waals surface area (Å²) in [7, 11) is 0. The van der Waals surface area contributed by atoms with Crippen molar-refractivity contribution in [3.63, 3.8) is 0 Å². The van der Waals surface area contributed by atoms with Gasteiger partial charge in [0, 0.05) is 23.2 Å². The molecule has 19 heavy (non-hydrogen) atoms. The number of aromatic nitrogens is 1. The molecule has 0 aliphatic heterocycles. The summed E-state index contributed by atoms with van der Waals surface area (Å²) in [6, 6.07) is 18.0. The van der Waals surface area contributed by atoms with Gasteiger partial charge in [-0.05, 0) is 29.8 Å². The molecule has 3 heteroatoms. The predicted octanol–water partition coefficient (Wildman–Crippen LogP) is 4.50. The van der Waals surface area contributed by atoms with Gasteiger partial charge >= 0.3 is 0 Å². The van der Waals surface area contributed by atoms with E-state index in [2.05, 4.69) is 28.5 Å². The lowest BCUT2D eigenvalue weighted by Gasteiger charge is -2.09. The van der Waals surface area contributed by atoms with Crippen molar-refractivity contribution in [2.24, 2.45) is 0 Å². The summed E-state index contributed by atoms with van der Waals surface area (Å²) >= 11 is 5.98. The lowest BCUT2D eigenvalue weighted by Crippen LogP contribution is -2.00. The van der Waals surface area contributed by atoms with Crippen molar-refractivity contribution in [1.82, 2.24) is 4.98 Å². The fourth-order valence-electron chi connectivity index (χ4n) is 2.09. The third-order valence-electron chi connectivity index (χ3n) is 3.00. The van der Waals surface area contributed by atoms with Crippen LogP contribution in [0.2, 0.25) is 5.02 Å². The number of pyridine rings is 1. The Morgan fingerprint density at radius 2 is 1.84 bits per heavy atom. The molecule has 2 nitrogen and oxygen atoms in total. The maximum Gasteiger partial charge on any atom is 0.0933 e. The third-order valence-corrected chi connectivity index (χ3v) is 3.24. The summed E-state index contributed by atoms with van der Waals surface area (Å²) in [5, 5.41) is 5.31. The van der Waals surface area contributed by atoms with Crippen molar-refractivity contribution >= 4 is 28.2 Å². The molecular formula is C16H13ClN2. The molecule has 0 fully saturated rings. The largest absolute Gasteiger partial charge is 0.379 e. The van der Waals surface area contributed by atoms with E-state index in [1.807, 2.05) is 42.6 Å². The molecule has 3 aromatic rings. The fourth-order valence-corrected chi connectivity index (χ4v) is 2.30. The standard InChI is InChI=1S/C16H13ClN2/c17-14-7-1-4-12(10-14)11-19-15-8-2-5-13-6-3-9-18-16(13)15/h1-10,19H,11H2. The first-order valence-electron chi connectivity index (χ1n) is 6.15. The number of nitrogens with one attached hydrogen (secondary N) is 1. The van der Waals surface area contributed by atoms with Crippen molar-refractivity contribution in [3.8, 4) is 0 Å². The Kier molecular flexibility index (Phi) is 3.34. The molecule has 1 aromatic heterocycles. The van der Waals surface area contributed by atoms with Crippen LogP contribution in [-0.4, -0.2) is 4.98 Å². The highest BCUT2D eigenvalue weighted by Crippen LogP contribution is 2.21. The summed E-state index contributed by atoms with van der Waals surface area (Å²) in [5.41, 5.74) is 3.19. The summed E-state index contributed by atoms with van der Waals surface area (Å²) in [6.07, 6.45) is 1.81.